The number of allylic oxidation sites excluding steroid dienone is 1. The van der Waals surface area contributed by atoms with Gasteiger partial charge in [0.2, 0.25) is 5.91 Å². The lowest BCUT2D eigenvalue weighted by molar-refractivity contribution is -0.124. The number of para-hydroxylation sites is 1. The summed E-state index contributed by atoms with van der Waals surface area (Å²) in [5, 5.41) is 14.4. The van der Waals surface area contributed by atoms with E-state index in [0.717, 1.165) is 5.56 Å². The summed E-state index contributed by atoms with van der Waals surface area (Å²) in [4.78, 5) is 29.6. The van der Waals surface area contributed by atoms with Gasteiger partial charge in [-0.2, -0.15) is 5.26 Å². The Balaban J connectivity index is 1.81. The van der Waals surface area contributed by atoms with Gasteiger partial charge in [0.1, 0.15) is 17.3 Å². The molecule has 2 aromatic rings. The van der Waals surface area contributed by atoms with Crippen LogP contribution in [0.2, 0.25) is 5.02 Å². The van der Waals surface area contributed by atoms with E-state index in [1.54, 1.807) is 35.1 Å². The zero-order chi connectivity index (χ0) is 24.2. The Hall–Kier alpha value is -3.60. The van der Waals surface area contributed by atoms with Crippen LogP contribution in [0.25, 0.3) is 0 Å². The number of Topliss-reactive ketones (excluding diaryl/α,β-unsaturated/α-hetero) is 1. The van der Waals surface area contributed by atoms with E-state index in [1.807, 2.05) is 42.5 Å². The van der Waals surface area contributed by atoms with Crippen molar-refractivity contribution in [3.63, 3.8) is 0 Å². The zero-order valence-electron chi connectivity index (χ0n) is 19.0. The SMILES string of the molecule is CN(C)N1C(N)=C(C#N)C2(C(=O)N(Cc3ccccc3Cl)c3ccccc32)C2=C1CCCC2=O. The fourth-order valence-corrected chi connectivity index (χ4v) is 5.72. The largest absolute Gasteiger partial charge is 0.383 e. The van der Waals surface area contributed by atoms with Gasteiger partial charge in [-0.3, -0.25) is 14.6 Å². The number of carbonyl (C=O) groups is 2. The highest BCUT2D eigenvalue weighted by Crippen LogP contribution is 2.56. The van der Waals surface area contributed by atoms with Crippen LogP contribution in [0, 0.1) is 11.3 Å². The molecule has 2 heterocycles. The van der Waals surface area contributed by atoms with E-state index in [1.165, 1.54) is 0 Å². The third-order valence-corrected chi connectivity index (χ3v) is 7.21. The van der Waals surface area contributed by atoms with E-state index in [9.17, 15) is 14.9 Å². The fraction of sp³-hybridized carbons (Fsp3) is 0.269. The average Bonchev–Trinajstić information content (AvgIpc) is 3.04. The van der Waals surface area contributed by atoms with E-state index in [-0.39, 0.29) is 29.6 Å². The molecule has 2 aromatic carbocycles. The molecule has 7 nitrogen and oxygen atoms in total. The van der Waals surface area contributed by atoms with Crippen LogP contribution < -0.4 is 10.6 Å². The number of halogens is 1. The van der Waals surface area contributed by atoms with Gasteiger partial charge in [-0.1, -0.05) is 48.0 Å². The topological polar surface area (TPSA) is 93.7 Å². The molecule has 1 amide bonds. The lowest BCUT2D eigenvalue weighted by Gasteiger charge is -2.45. The molecule has 34 heavy (non-hydrogen) atoms. The lowest BCUT2D eigenvalue weighted by atomic mass is 9.64. The van der Waals surface area contributed by atoms with Gasteiger partial charge in [0.25, 0.3) is 0 Å². The number of hydrazine groups is 1. The first-order valence-electron chi connectivity index (χ1n) is 11.1. The Morgan fingerprint density at radius 1 is 1.12 bits per heavy atom. The number of nitrogens with zero attached hydrogens (tertiary/aromatic N) is 4. The number of hydrogen-bond acceptors (Lipinski definition) is 6. The second-order valence-electron chi connectivity index (χ2n) is 8.88. The third kappa shape index (κ3) is 2.86. The first-order chi connectivity index (χ1) is 16.3. The standard InChI is InChI=1S/C26H24ClN5O2/c1-30(2)32-21-12-7-13-22(33)23(21)26(18(14-28)24(32)29)17-9-4-6-11-20(17)31(25(26)34)15-16-8-3-5-10-19(16)27/h3-6,8-11H,7,12-13,15,29H2,1-2H3. The second kappa shape index (κ2) is 8.01. The molecule has 2 aliphatic heterocycles. The Labute approximate surface area is 203 Å². The minimum atomic E-state index is -1.57. The van der Waals surface area contributed by atoms with Crippen molar-refractivity contribution in [3.8, 4) is 6.07 Å². The number of benzene rings is 2. The Kier molecular flexibility index (Phi) is 5.23. The minimum absolute atomic E-state index is 0.0781. The first-order valence-corrected chi connectivity index (χ1v) is 11.5. The van der Waals surface area contributed by atoms with Crippen molar-refractivity contribution in [2.24, 2.45) is 5.73 Å². The van der Waals surface area contributed by atoms with Crippen LogP contribution in [0.1, 0.15) is 30.4 Å². The lowest BCUT2D eigenvalue weighted by Crippen LogP contribution is -2.54. The number of fused-ring (bicyclic) bond motifs is 3. The Morgan fingerprint density at radius 2 is 1.82 bits per heavy atom. The number of amides is 1. The van der Waals surface area contributed by atoms with Gasteiger partial charge < -0.3 is 10.6 Å². The van der Waals surface area contributed by atoms with Crippen molar-refractivity contribution in [2.45, 2.75) is 31.2 Å². The van der Waals surface area contributed by atoms with Crippen LogP contribution in [0.5, 0.6) is 0 Å². The van der Waals surface area contributed by atoms with Gasteiger partial charge in [0.15, 0.2) is 5.78 Å². The summed E-state index contributed by atoms with van der Waals surface area (Å²) in [7, 11) is 3.61. The number of nitrogens with two attached hydrogens (primary N) is 1. The molecule has 1 atom stereocenters. The van der Waals surface area contributed by atoms with Crippen molar-refractivity contribution in [1.82, 2.24) is 10.0 Å². The summed E-state index contributed by atoms with van der Waals surface area (Å²) in [6.07, 6.45) is 1.56. The molecule has 8 heteroatoms. The van der Waals surface area contributed by atoms with Crippen LogP contribution in [0.4, 0.5) is 5.69 Å². The molecule has 1 unspecified atom stereocenters. The van der Waals surface area contributed by atoms with Crippen molar-refractivity contribution in [3.05, 3.63) is 87.3 Å². The fourth-order valence-electron chi connectivity index (χ4n) is 5.52. The normalized spacial score (nSPS) is 22.0. The van der Waals surface area contributed by atoms with Gasteiger partial charge in [-0.15, -0.1) is 0 Å². The van der Waals surface area contributed by atoms with E-state index in [4.69, 9.17) is 17.3 Å². The average molecular weight is 474 g/mol. The molecule has 5 rings (SSSR count). The quantitative estimate of drug-likeness (QED) is 0.731. The monoisotopic (exact) mass is 473 g/mol. The number of hydrogen-bond donors (Lipinski definition) is 1. The van der Waals surface area contributed by atoms with E-state index in [2.05, 4.69) is 6.07 Å². The van der Waals surface area contributed by atoms with Gasteiger partial charge in [0.05, 0.1) is 12.1 Å². The van der Waals surface area contributed by atoms with Gasteiger partial charge in [-0.25, -0.2) is 5.01 Å². The van der Waals surface area contributed by atoms with Crippen LogP contribution >= 0.6 is 11.6 Å². The molecule has 3 aliphatic rings. The van der Waals surface area contributed by atoms with Crippen LogP contribution in [0.15, 0.2) is 71.2 Å². The molecular weight excluding hydrogens is 450 g/mol. The molecule has 0 bridgehead atoms. The van der Waals surface area contributed by atoms with Crippen LogP contribution in [0.3, 0.4) is 0 Å². The molecule has 0 saturated heterocycles. The van der Waals surface area contributed by atoms with Gasteiger partial charge >= 0.3 is 0 Å². The van der Waals surface area contributed by atoms with E-state index >= 15 is 0 Å². The van der Waals surface area contributed by atoms with E-state index < -0.39 is 5.41 Å². The van der Waals surface area contributed by atoms with Crippen LogP contribution in [-0.2, 0) is 21.5 Å². The third-order valence-electron chi connectivity index (χ3n) is 6.84. The molecule has 0 saturated carbocycles. The van der Waals surface area contributed by atoms with Crippen molar-refractivity contribution >= 4 is 29.0 Å². The Bertz CT molecular complexity index is 1340. The number of anilines is 1. The highest BCUT2D eigenvalue weighted by atomic mass is 35.5. The molecule has 2 N–H and O–H groups in total. The Morgan fingerprint density at radius 3 is 2.53 bits per heavy atom. The maximum absolute atomic E-state index is 14.5. The summed E-state index contributed by atoms with van der Waals surface area (Å²) in [5.74, 6) is -0.311. The number of carbonyl (C=O) groups excluding carboxylic acids is 2. The minimum Gasteiger partial charge on any atom is -0.383 e. The van der Waals surface area contributed by atoms with E-state index in [0.29, 0.717) is 46.8 Å². The molecule has 0 aromatic heterocycles. The highest BCUT2D eigenvalue weighted by Gasteiger charge is 2.62. The maximum Gasteiger partial charge on any atom is 0.248 e. The number of rotatable bonds is 3. The van der Waals surface area contributed by atoms with Crippen molar-refractivity contribution in [1.29, 1.82) is 5.26 Å². The predicted molar refractivity (Wildman–Crippen MR) is 129 cm³/mol. The summed E-state index contributed by atoms with van der Waals surface area (Å²) >= 11 is 6.43. The van der Waals surface area contributed by atoms with Gasteiger partial charge in [0, 0.05) is 48.1 Å². The molecular formula is C26H24ClN5O2. The van der Waals surface area contributed by atoms with Crippen molar-refractivity contribution in [2.75, 3.05) is 19.0 Å². The summed E-state index contributed by atoms with van der Waals surface area (Å²) in [6, 6.07) is 16.9. The van der Waals surface area contributed by atoms with Crippen LogP contribution in [-0.4, -0.2) is 35.8 Å². The second-order valence-corrected chi connectivity index (χ2v) is 9.29. The number of nitriles is 1. The summed E-state index contributed by atoms with van der Waals surface area (Å²) in [6.45, 7) is 0.212. The molecule has 0 fully saturated rings. The predicted octanol–water partition coefficient (Wildman–Crippen LogP) is 3.62. The zero-order valence-corrected chi connectivity index (χ0v) is 19.8. The summed E-state index contributed by atoms with van der Waals surface area (Å²) in [5.41, 5.74) is 8.16. The molecule has 1 spiro atoms. The number of ketones is 1. The molecule has 172 valence electrons. The highest BCUT2D eigenvalue weighted by molar-refractivity contribution is 6.31. The first kappa shape index (κ1) is 22.2. The summed E-state index contributed by atoms with van der Waals surface area (Å²) < 4.78 is 0. The van der Waals surface area contributed by atoms with Gasteiger partial charge in [-0.05, 0) is 30.5 Å². The van der Waals surface area contributed by atoms with Crippen molar-refractivity contribution < 1.29 is 9.59 Å². The maximum atomic E-state index is 14.5. The molecule has 1 aliphatic carbocycles. The smallest absolute Gasteiger partial charge is 0.248 e. The molecule has 0 radical (unpaired) electrons.